The van der Waals surface area contributed by atoms with Crippen LogP contribution in [0.4, 0.5) is 0 Å². The Hall–Kier alpha value is -0.0800. The molecule has 0 aromatic carbocycles. The Kier molecular flexibility index (Phi) is 2.39. The maximum absolute atomic E-state index is 10.4. The van der Waals surface area contributed by atoms with E-state index in [0.29, 0.717) is 0 Å². The van der Waals surface area contributed by atoms with E-state index in [2.05, 4.69) is 13.8 Å². The predicted octanol–water partition coefficient (Wildman–Crippen LogP) is 2.05. The van der Waals surface area contributed by atoms with Crippen LogP contribution in [-0.4, -0.2) is 16.2 Å². The Morgan fingerprint density at radius 3 is 2.00 bits per heavy atom. The molecule has 0 aromatic heterocycles. The van der Waals surface area contributed by atoms with Gasteiger partial charge in [0.25, 0.3) is 0 Å². The van der Waals surface area contributed by atoms with Crippen molar-refractivity contribution in [2.75, 3.05) is 0 Å². The molecule has 0 bridgehead atoms. The lowest BCUT2D eigenvalue weighted by atomic mass is 9.71. The Morgan fingerprint density at radius 1 is 1.14 bits per heavy atom. The molecule has 0 aromatic rings. The lowest BCUT2D eigenvalue weighted by molar-refractivity contribution is -0.0446. The lowest BCUT2D eigenvalue weighted by Gasteiger charge is -2.41. The van der Waals surface area contributed by atoms with Crippen LogP contribution in [0.15, 0.2) is 0 Å². The average molecular weight is 197 g/mol. The highest BCUT2D eigenvalue weighted by Crippen LogP contribution is 2.50. The molecule has 2 rings (SSSR count). The molecule has 0 aliphatic heterocycles. The maximum Gasteiger partial charge on any atom is 0.0826 e. The number of nitrogens with two attached hydrogens (primary N) is 1. The molecule has 2 aliphatic rings. The fraction of sp³-hybridized carbons (Fsp3) is 1.00. The van der Waals surface area contributed by atoms with Gasteiger partial charge < -0.3 is 10.8 Å². The van der Waals surface area contributed by atoms with E-state index in [1.165, 1.54) is 0 Å². The summed E-state index contributed by atoms with van der Waals surface area (Å²) in [5.74, 6) is 1.56. The first-order valence-corrected chi connectivity index (χ1v) is 5.98. The van der Waals surface area contributed by atoms with Crippen LogP contribution in [0.3, 0.4) is 0 Å². The van der Waals surface area contributed by atoms with Gasteiger partial charge in [-0.1, -0.05) is 13.8 Å². The summed E-state index contributed by atoms with van der Waals surface area (Å²) in [6.45, 7) is 4.56. The third-order valence-corrected chi connectivity index (χ3v) is 4.52. The molecule has 0 atom stereocenters. The molecule has 2 saturated carbocycles. The fourth-order valence-electron chi connectivity index (χ4n) is 2.88. The number of aliphatic hydroxyl groups is 1. The zero-order chi connectivity index (χ0) is 10.4. The average Bonchev–Trinajstić information content (AvgIpc) is 2.86. The quantitative estimate of drug-likeness (QED) is 0.711. The van der Waals surface area contributed by atoms with Crippen molar-refractivity contribution in [2.45, 2.75) is 63.5 Å². The molecule has 0 amide bonds. The zero-order valence-corrected chi connectivity index (χ0v) is 9.42. The van der Waals surface area contributed by atoms with Crippen molar-refractivity contribution in [1.29, 1.82) is 0 Å². The van der Waals surface area contributed by atoms with E-state index in [-0.39, 0.29) is 5.54 Å². The van der Waals surface area contributed by atoms with Gasteiger partial charge in [0.2, 0.25) is 0 Å². The van der Waals surface area contributed by atoms with E-state index in [4.69, 9.17) is 5.73 Å². The standard InChI is InChI=1S/C12H23NO/c1-9(2)10-3-5-12(14,6-4-10)11(13)7-8-11/h9-10,14H,3-8,13H2,1-2H3. The summed E-state index contributed by atoms with van der Waals surface area (Å²) in [6, 6.07) is 0. The second kappa shape index (κ2) is 3.21. The van der Waals surface area contributed by atoms with Crippen LogP contribution in [0.2, 0.25) is 0 Å². The van der Waals surface area contributed by atoms with Gasteiger partial charge >= 0.3 is 0 Å². The van der Waals surface area contributed by atoms with E-state index in [9.17, 15) is 5.11 Å². The minimum atomic E-state index is -0.529. The van der Waals surface area contributed by atoms with Crippen molar-refractivity contribution in [3.8, 4) is 0 Å². The van der Waals surface area contributed by atoms with Crippen molar-refractivity contribution in [2.24, 2.45) is 17.6 Å². The molecule has 0 unspecified atom stereocenters. The third kappa shape index (κ3) is 1.59. The van der Waals surface area contributed by atoms with Crippen LogP contribution in [0.25, 0.3) is 0 Å². The zero-order valence-electron chi connectivity index (χ0n) is 9.42. The largest absolute Gasteiger partial charge is 0.388 e. The van der Waals surface area contributed by atoms with Crippen molar-refractivity contribution in [3.63, 3.8) is 0 Å². The first-order chi connectivity index (χ1) is 6.47. The van der Waals surface area contributed by atoms with Crippen LogP contribution in [0.1, 0.15) is 52.4 Å². The van der Waals surface area contributed by atoms with Crippen molar-refractivity contribution >= 4 is 0 Å². The minimum Gasteiger partial charge on any atom is -0.388 e. The summed E-state index contributed by atoms with van der Waals surface area (Å²) < 4.78 is 0. The Labute approximate surface area is 86.9 Å². The van der Waals surface area contributed by atoms with Gasteiger partial charge in [0, 0.05) is 5.54 Å². The summed E-state index contributed by atoms with van der Waals surface area (Å²) in [5.41, 5.74) is 5.38. The maximum atomic E-state index is 10.4. The summed E-state index contributed by atoms with van der Waals surface area (Å²) in [7, 11) is 0. The SMILES string of the molecule is CC(C)C1CCC(O)(C2(N)CC2)CC1. The summed E-state index contributed by atoms with van der Waals surface area (Å²) >= 11 is 0. The molecule has 14 heavy (non-hydrogen) atoms. The lowest BCUT2D eigenvalue weighted by Crippen LogP contribution is -2.52. The number of hydrogen-bond donors (Lipinski definition) is 2. The highest BCUT2D eigenvalue weighted by atomic mass is 16.3. The summed E-state index contributed by atoms with van der Waals surface area (Å²) in [4.78, 5) is 0. The van der Waals surface area contributed by atoms with Gasteiger partial charge in [-0.05, 0) is 50.4 Å². The molecule has 2 nitrogen and oxygen atoms in total. The van der Waals surface area contributed by atoms with Crippen LogP contribution in [0, 0.1) is 11.8 Å². The van der Waals surface area contributed by atoms with Gasteiger partial charge in [0.05, 0.1) is 5.60 Å². The van der Waals surface area contributed by atoms with Crippen LogP contribution < -0.4 is 5.73 Å². The minimum absolute atomic E-state index is 0.213. The van der Waals surface area contributed by atoms with Gasteiger partial charge in [0.15, 0.2) is 0 Å². The van der Waals surface area contributed by atoms with Crippen LogP contribution >= 0.6 is 0 Å². The molecule has 0 spiro atoms. The molecular weight excluding hydrogens is 174 g/mol. The smallest absolute Gasteiger partial charge is 0.0826 e. The Balaban J connectivity index is 1.95. The fourth-order valence-corrected chi connectivity index (χ4v) is 2.88. The van der Waals surface area contributed by atoms with Crippen molar-refractivity contribution < 1.29 is 5.11 Å². The molecule has 0 heterocycles. The summed E-state index contributed by atoms with van der Waals surface area (Å²) in [5, 5.41) is 10.4. The number of hydrogen-bond acceptors (Lipinski definition) is 2. The van der Waals surface area contributed by atoms with Gasteiger partial charge in [0.1, 0.15) is 0 Å². The van der Waals surface area contributed by atoms with Gasteiger partial charge in [-0.2, -0.15) is 0 Å². The van der Waals surface area contributed by atoms with E-state index < -0.39 is 5.60 Å². The molecule has 2 heteroatoms. The second-order valence-corrected chi connectivity index (χ2v) is 5.77. The van der Waals surface area contributed by atoms with Gasteiger partial charge in [-0.15, -0.1) is 0 Å². The van der Waals surface area contributed by atoms with Gasteiger partial charge in [-0.3, -0.25) is 0 Å². The third-order valence-electron chi connectivity index (χ3n) is 4.52. The molecule has 82 valence electrons. The first kappa shape index (κ1) is 10.4. The van der Waals surface area contributed by atoms with Crippen LogP contribution in [0.5, 0.6) is 0 Å². The molecule has 0 saturated heterocycles. The highest BCUT2D eigenvalue weighted by molar-refractivity contribution is 5.14. The molecule has 2 aliphatic carbocycles. The molecule has 3 N–H and O–H groups in total. The molecular formula is C12H23NO. The molecule has 0 radical (unpaired) electrons. The highest BCUT2D eigenvalue weighted by Gasteiger charge is 2.56. The monoisotopic (exact) mass is 197 g/mol. The Morgan fingerprint density at radius 2 is 1.64 bits per heavy atom. The normalized spacial score (nSPS) is 41.4. The van der Waals surface area contributed by atoms with Crippen molar-refractivity contribution in [1.82, 2.24) is 0 Å². The first-order valence-electron chi connectivity index (χ1n) is 5.98. The second-order valence-electron chi connectivity index (χ2n) is 5.77. The van der Waals surface area contributed by atoms with E-state index in [1.807, 2.05) is 0 Å². The van der Waals surface area contributed by atoms with E-state index in [0.717, 1.165) is 50.4 Å². The van der Waals surface area contributed by atoms with Crippen molar-refractivity contribution in [3.05, 3.63) is 0 Å². The summed E-state index contributed by atoms with van der Waals surface area (Å²) in [6.07, 6.45) is 6.21. The number of rotatable bonds is 2. The van der Waals surface area contributed by atoms with Crippen LogP contribution in [-0.2, 0) is 0 Å². The topological polar surface area (TPSA) is 46.2 Å². The van der Waals surface area contributed by atoms with E-state index >= 15 is 0 Å². The van der Waals surface area contributed by atoms with Gasteiger partial charge in [-0.25, -0.2) is 0 Å². The Bertz CT molecular complexity index is 212. The molecule has 2 fully saturated rings. The van der Waals surface area contributed by atoms with E-state index in [1.54, 1.807) is 0 Å². The predicted molar refractivity (Wildman–Crippen MR) is 57.9 cm³/mol.